The summed E-state index contributed by atoms with van der Waals surface area (Å²) in [4.78, 5) is 24.8. The molecule has 0 aromatic rings. The summed E-state index contributed by atoms with van der Waals surface area (Å²) in [5.41, 5.74) is 0. The molecule has 8 rings (SSSR count). The highest BCUT2D eigenvalue weighted by Crippen LogP contribution is 2.65. The fraction of sp³-hybridized carbons (Fsp3) is 0.923. The van der Waals surface area contributed by atoms with E-state index in [1.54, 1.807) is 0 Å². The van der Waals surface area contributed by atoms with Crippen molar-refractivity contribution >= 4 is 11.9 Å². The zero-order valence-corrected chi connectivity index (χ0v) is 18.6. The molecule has 0 N–H and O–H groups in total. The maximum absolute atomic E-state index is 12.4. The van der Waals surface area contributed by atoms with Gasteiger partial charge in [-0.25, -0.2) is 0 Å². The fourth-order valence-corrected chi connectivity index (χ4v) is 9.80. The Bertz CT molecular complexity index is 774. The standard InChI is InChI=1S/C26H34O6/c27-21(29-17-7-11-5-13(17)15-9-19-25(31-19)23(11)15)3-1-2-4-22(28)30-18-8-12-6-14(18)16-10-20-26(32-20)24(12)16/h11-20,23-26H,1-10H2. The van der Waals surface area contributed by atoms with Gasteiger partial charge in [-0.1, -0.05) is 0 Å². The lowest BCUT2D eigenvalue weighted by atomic mass is 9.79. The second kappa shape index (κ2) is 6.71. The van der Waals surface area contributed by atoms with E-state index in [1.807, 2.05) is 0 Å². The van der Waals surface area contributed by atoms with Crippen molar-refractivity contribution in [1.29, 1.82) is 0 Å². The van der Waals surface area contributed by atoms with Gasteiger partial charge in [-0.05, 0) is 98.7 Å². The van der Waals surface area contributed by atoms with Gasteiger partial charge in [0, 0.05) is 12.8 Å². The molecule has 174 valence electrons. The van der Waals surface area contributed by atoms with Crippen molar-refractivity contribution in [3.63, 3.8) is 0 Å². The van der Waals surface area contributed by atoms with Crippen LogP contribution in [-0.4, -0.2) is 48.6 Å². The fourth-order valence-electron chi connectivity index (χ4n) is 9.80. The molecule has 2 heterocycles. The highest BCUT2D eigenvalue weighted by Gasteiger charge is 2.68. The van der Waals surface area contributed by atoms with Crippen LogP contribution in [0.5, 0.6) is 0 Å². The lowest BCUT2D eigenvalue weighted by molar-refractivity contribution is -0.156. The van der Waals surface area contributed by atoms with E-state index in [1.165, 1.54) is 25.7 Å². The topological polar surface area (TPSA) is 77.7 Å². The molecule has 0 radical (unpaired) electrons. The van der Waals surface area contributed by atoms with E-state index < -0.39 is 0 Å². The van der Waals surface area contributed by atoms with Gasteiger partial charge in [-0.15, -0.1) is 0 Å². The first-order valence-electron chi connectivity index (χ1n) is 13.3. The van der Waals surface area contributed by atoms with Crippen molar-refractivity contribution in [1.82, 2.24) is 0 Å². The first kappa shape index (κ1) is 19.2. The third kappa shape index (κ3) is 2.77. The van der Waals surface area contributed by atoms with E-state index in [9.17, 15) is 9.59 Å². The summed E-state index contributed by atoms with van der Waals surface area (Å²) < 4.78 is 23.3. The van der Waals surface area contributed by atoms with E-state index in [0.29, 0.717) is 73.8 Å². The molecule has 6 aliphatic carbocycles. The van der Waals surface area contributed by atoms with Crippen LogP contribution in [0.3, 0.4) is 0 Å². The first-order chi connectivity index (χ1) is 15.6. The number of rotatable bonds is 7. The molecular formula is C26H34O6. The number of hydrogen-bond acceptors (Lipinski definition) is 6. The molecule has 0 aromatic heterocycles. The molecular weight excluding hydrogens is 408 g/mol. The van der Waals surface area contributed by atoms with E-state index in [2.05, 4.69) is 0 Å². The lowest BCUT2D eigenvalue weighted by Crippen LogP contribution is -2.34. The average Bonchev–Trinajstić information content (AvgIpc) is 3.28. The van der Waals surface area contributed by atoms with E-state index in [-0.39, 0.29) is 24.1 Å². The SMILES string of the molecule is O=C(CCCCC(=O)OC1CC2CC1C1CC3OC3C21)OC1CC2CC1C1CC3OC3C21. The quantitative estimate of drug-likeness (QED) is 0.342. The van der Waals surface area contributed by atoms with Crippen molar-refractivity contribution < 1.29 is 28.5 Å². The van der Waals surface area contributed by atoms with Crippen LogP contribution in [0, 0.1) is 47.3 Å². The van der Waals surface area contributed by atoms with Crippen molar-refractivity contribution in [2.24, 2.45) is 47.3 Å². The second-order valence-electron chi connectivity index (χ2n) is 12.3. The normalized spacial score (nSPS) is 56.5. The summed E-state index contributed by atoms with van der Waals surface area (Å²) in [6.07, 6.45) is 11.5. The minimum absolute atomic E-state index is 0.0759. The number of ether oxygens (including phenoxy) is 4. The first-order valence-corrected chi connectivity index (χ1v) is 13.3. The van der Waals surface area contributed by atoms with Crippen LogP contribution in [0.4, 0.5) is 0 Å². The molecule has 6 nitrogen and oxygen atoms in total. The number of unbranched alkanes of at least 4 members (excludes halogenated alkanes) is 1. The maximum atomic E-state index is 12.4. The van der Waals surface area contributed by atoms with Gasteiger partial charge in [0.05, 0.1) is 24.4 Å². The van der Waals surface area contributed by atoms with E-state index in [0.717, 1.165) is 36.5 Å². The molecule has 14 atom stereocenters. The van der Waals surface area contributed by atoms with Gasteiger partial charge in [-0.2, -0.15) is 0 Å². The van der Waals surface area contributed by atoms with Gasteiger partial charge < -0.3 is 18.9 Å². The molecule has 0 amide bonds. The Balaban J connectivity index is 0.758. The van der Waals surface area contributed by atoms with E-state index in [4.69, 9.17) is 18.9 Å². The zero-order chi connectivity index (χ0) is 21.1. The largest absolute Gasteiger partial charge is 0.462 e. The van der Waals surface area contributed by atoms with Crippen molar-refractivity contribution in [3.05, 3.63) is 0 Å². The van der Waals surface area contributed by atoms with Crippen LogP contribution in [0.15, 0.2) is 0 Å². The lowest BCUT2D eigenvalue weighted by Gasteiger charge is -2.32. The number of hydrogen-bond donors (Lipinski definition) is 0. The van der Waals surface area contributed by atoms with Crippen molar-refractivity contribution in [2.75, 3.05) is 0 Å². The number of fused-ring (bicyclic) bond motifs is 14. The Kier molecular flexibility index (Phi) is 4.03. The van der Waals surface area contributed by atoms with Gasteiger partial charge in [-0.3, -0.25) is 9.59 Å². The predicted molar refractivity (Wildman–Crippen MR) is 111 cm³/mol. The monoisotopic (exact) mass is 442 g/mol. The highest BCUT2D eigenvalue weighted by molar-refractivity contribution is 5.71. The smallest absolute Gasteiger partial charge is 0.306 e. The number of epoxide rings is 2. The van der Waals surface area contributed by atoms with E-state index >= 15 is 0 Å². The Morgan fingerprint density at radius 2 is 1.09 bits per heavy atom. The third-order valence-electron chi connectivity index (χ3n) is 10.9. The molecule has 8 fully saturated rings. The van der Waals surface area contributed by atoms with Crippen LogP contribution in [-0.2, 0) is 28.5 Å². The number of carbonyl (C=O) groups excluding carboxylic acids is 2. The van der Waals surface area contributed by atoms with Crippen LogP contribution in [0.25, 0.3) is 0 Å². The highest BCUT2D eigenvalue weighted by atomic mass is 16.6. The number of esters is 2. The second-order valence-corrected chi connectivity index (χ2v) is 12.3. The predicted octanol–water partition coefficient (Wildman–Crippen LogP) is 3.26. The summed E-state index contributed by atoms with van der Waals surface area (Å²) in [6, 6.07) is 0. The third-order valence-corrected chi connectivity index (χ3v) is 10.9. The molecule has 0 spiro atoms. The molecule has 2 aliphatic heterocycles. The zero-order valence-electron chi connectivity index (χ0n) is 18.6. The number of carbonyl (C=O) groups is 2. The molecule has 6 saturated carbocycles. The summed E-state index contributed by atoms with van der Waals surface area (Å²) >= 11 is 0. The van der Waals surface area contributed by atoms with Crippen molar-refractivity contribution in [3.8, 4) is 0 Å². The molecule has 8 aliphatic rings. The summed E-state index contributed by atoms with van der Waals surface area (Å²) in [7, 11) is 0. The van der Waals surface area contributed by atoms with Crippen LogP contribution in [0.1, 0.15) is 64.2 Å². The molecule has 0 aromatic carbocycles. The molecule has 32 heavy (non-hydrogen) atoms. The Labute approximate surface area is 189 Å². The maximum Gasteiger partial charge on any atom is 0.306 e. The Hall–Kier alpha value is -1.14. The molecule has 4 bridgehead atoms. The van der Waals surface area contributed by atoms with Crippen LogP contribution < -0.4 is 0 Å². The van der Waals surface area contributed by atoms with Crippen LogP contribution >= 0.6 is 0 Å². The van der Waals surface area contributed by atoms with Gasteiger partial charge in [0.25, 0.3) is 0 Å². The van der Waals surface area contributed by atoms with Gasteiger partial charge in [0.1, 0.15) is 12.2 Å². The minimum Gasteiger partial charge on any atom is -0.462 e. The molecule has 6 heteroatoms. The Morgan fingerprint density at radius 1 is 0.625 bits per heavy atom. The summed E-state index contributed by atoms with van der Waals surface area (Å²) in [5, 5.41) is 0. The van der Waals surface area contributed by atoms with Gasteiger partial charge in [0.15, 0.2) is 0 Å². The van der Waals surface area contributed by atoms with Crippen LogP contribution in [0.2, 0.25) is 0 Å². The van der Waals surface area contributed by atoms with Gasteiger partial charge >= 0.3 is 11.9 Å². The Morgan fingerprint density at radius 3 is 1.56 bits per heavy atom. The molecule has 2 saturated heterocycles. The average molecular weight is 443 g/mol. The van der Waals surface area contributed by atoms with Gasteiger partial charge in [0.2, 0.25) is 0 Å². The minimum atomic E-state index is -0.0759. The molecule has 14 unspecified atom stereocenters. The van der Waals surface area contributed by atoms with Crippen molar-refractivity contribution in [2.45, 2.75) is 101 Å². The summed E-state index contributed by atoms with van der Waals surface area (Å²) in [5.74, 6) is 5.36. The summed E-state index contributed by atoms with van der Waals surface area (Å²) in [6.45, 7) is 0.